The van der Waals surface area contributed by atoms with E-state index in [1.807, 2.05) is 0 Å². The predicted molar refractivity (Wildman–Crippen MR) is 49.1 cm³/mol. The first kappa shape index (κ1) is 13.5. The summed E-state index contributed by atoms with van der Waals surface area (Å²) in [5.41, 5.74) is 0. The molecule has 0 aromatic heterocycles. The Morgan fingerprint density at radius 1 is 1.50 bits per heavy atom. The van der Waals surface area contributed by atoms with Gasteiger partial charge in [0.05, 0.1) is 0 Å². The van der Waals surface area contributed by atoms with Crippen molar-refractivity contribution in [3.05, 3.63) is 0 Å². The van der Waals surface area contributed by atoms with Crippen LogP contribution < -0.4 is 5.32 Å². The van der Waals surface area contributed by atoms with Crippen LogP contribution in [0.25, 0.3) is 0 Å². The van der Waals surface area contributed by atoms with E-state index in [0.717, 1.165) is 6.54 Å². The Balaban J connectivity index is 0. The second-order valence-corrected chi connectivity index (χ2v) is 3.10. The Bertz CT molecular complexity index is 87.8. The van der Waals surface area contributed by atoms with Crippen molar-refractivity contribution in [2.75, 3.05) is 6.54 Å². The van der Waals surface area contributed by atoms with Crippen LogP contribution in [-0.2, 0) is 19.5 Å². The fourth-order valence-electron chi connectivity index (χ4n) is 0.570. The van der Waals surface area contributed by atoms with Crippen molar-refractivity contribution in [3.63, 3.8) is 0 Å². The van der Waals surface area contributed by atoms with Crippen LogP contribution in [0.2, 0.25) is 0 Å². The third kappa shape index (κ3) is 11.6. The normalized spacial score (nSPS) is 8.20. The molecule has 0 aromatic rings. The van der Waals surface area contributed by atoms with Gasteiger partial charge in [0.15, 0.2) is 0 Å². The maximum atomic E-state index is 4.70. The maximum absolute atomic E-state index is 4.70. The minimum Gasteiger partial charge on any atom is -0.371 e. The number of thiol groups is 1. The van der Waals surface area contributed by atoms with Crippen molar-refractivity contribution in [3.8, 4) is 0 Å². The third-order valence-electron chi connectivity index (χ3n) is 1.06. The van der Waals surface area contributed by atoms with Gasteiger partial charge in [0, 0.05) is 26.0 Å². The molecule has 0 rings (SSSR count). The van der Waals surface area contributed by atoms with E-state index in [1.165, 1.54) is 19.3 Å². The van der Waals surface area contributed by atoms with Crippen LogP contribution >= 0.6 is 24.8 Å². The van der Waals surface area contributed by atoms with Gasteiger partial charge in [-0.25, -0.2) is 0 Å². The van der Waals surface area contributed by atoms with Crippen molar-refractivity contribution in [2.24, 2.45) is 0 Å². The number of nitrogens with one attached hydrogen (secondary N) is 1. The molecule has 1 N–H and O–H groups in total. The van der Waals surface area contributed by atoms with Gasteiger partial charge in [-0.05, 0) is 6.42 Å². The Labute approximate surface area is 86.5 Å². The smallest absolute Gasteiger partial charge is 0.130 e. The van der Waals surface area contributed by atoms with Gasteiger partial charge >= 0.3 is 0 Å². The summed E-state index contributed by atoms with van der Waals surface area (Å²) in [6, 6.07) is 0. The van der Waals surface area contributed by atoms with Crippen molar-refractivity contribution < 1.29 is 19.5 Å². The zero-order valence-corrected chi connectivity index (χ0v) is 11.1. The van der Waals surface area contributed by atoms with E-state index in [1.54, 1.807) is 0 Å². The summed E-state index contributed by atoms with van der Waals surface area (Å²) in [6.07, 6.45) is 3.71. The van der Waals surface area contributed by atoms with Crippen molar-refractivity contribution in [2.45, 2.75) is 26.2 Å². The second kappa shape index (κ2) is 9.86. The molecule has 0 aliphatic rings. The van der Waals surface area contributed by atoms with Crippen molar-refractivity contribution in [1.82, 2.24) is 5.32 Å². The first-order chi connectivity index (χ1) is 4.27. The molecule has 0 saturated heterocycles. The number of hydrogen-bond donors (Lipinski definition) is 2. The quantitative estimate of drug-likeness (QED) is 0.330. The van der Waals surface area contributed by atoms with Crippen molar-refractivity contribution >= 4 is 29.2 Å². The summed E-state index contributed by atoms with van der Waals surface area (Å²) in [5, 5.41) is 2.98. The molecule has 0 aliphatic carbocycles. The van der Waals surface area contributed by atoms with Gasteiger partial charge < -0.3 is 5.32 Å². The minimum absolute atomic E-state index is 0. The molecule has 0 atom stereocenters. The largest absolute Gasteiger partial charge is 0.371 e. The van der Waals surface area contributed by atoms with Crippen LogP contribution in [0, 0.1) is 0 Å². The molecule has 0 aliphatic heterocycles. The van der Waals surface area contributed by atoms with E-state index in [9.17, 15) is 0 Å². The summed E-state index contributed by atoms with van der Waals surface area (Å²) in [6.45, 7) is 3.15. The summed E-state index contributed by atoms with van der Waals surface area (Å²) < 4.78 is 0.603. The molecule has 10 heavy (non-hydrogen) atoms. The van der Waals surface area contributed by atoms with E-state index in [-0.39, 0.29) is 19.5 Å². The molecule has 0 fully saturated rings. The molecule has 4 heteroatoms. The summed E-state index contributed by atoms with van der Waals surface area (Å²) in [5.74, 6) is 0. The molecule has 0 saturated carbocycles. The van der Waals surface area contributed by atoms with E-state index in [4.69, 9.17) is 12.2 Å². The van der Waals surface area contributed by atoms with Crippen LogP contribution in [0.1, 0.15) is 26.2 Å². The summed E-state index contributed by atoms with van der Waals surface area (Å²) >= 11 is 8.62. The molecule has 0 bridgehead atoms. The standard InChI is InChI=1S/C6H13NS2.Zn/c1-2-3-4-5-7-6(8)9;/h2-5H2,1H3,(H2,7,8,9);. The maximum Gasteiger partial charge on any atom is 0.130 e. The first-order valence-electron chi connectivity index (χ1n) is 3.24. The van der Waals surface area contributed by atoms with Crippen LogP contribution in [0.5, 0.6) is 0 Å². The van der Waals surface area contributed by atoms with Crippen LogP contribution in [-0.4, -0.2) is 10.9 Å². The number of unbranched alkanes of at least 4 members (excludes halogenated alkanes) is 2. The van der Waals surface area contributed by atoms with Crippen LogP contribution in [0.15, 0.2) is 0 Å². The molecule has 0 spiro atoms. The Hall–Kier alpha value is 0.863. The van der Waals surface area contributed by atoms with Gasteiger partial charge in [0.25, 0.3) is 0 Å². The molecule has 0 amide bonds. The van der Waals surface area contributed by atoms with Crippen LogP contribution in [0.3, 0.4) is 0 Å². The number of rotatable bonds is 4. The fourth-order valence-corrected chi connectivity index (χ4v) is 0.784. The molecular formula is C6H13NS2Zn. The van der Waals surface area contributed by atoms with Crippen LogP contribution in [0.4, 0.5) is 0 Å². The first-order valence-corrected chi connectivity index (χ1v) is 4.09. The second-order valence-electron chi connectivity index (χ2n) is 1.94. The summed E-state index contributed by atoms with van der Waals surface area (Å²) in [7, 11) is 0. The van der Waals surface area contributed by atoms with Crippen molar-refractivity contribution in [1.29, 1.82) is 0 Å². The third-order valence-corrected chi connectivity index (χ3v) is 1.36. The summed E-state index contributed by atoms with van der Waals surface area (Å²) in [4.78, 5) is 0. The van der Waals surface area contributed by atoms with E-state index >= 15 is 0 Å². The Morgan fingerprint density at radius 3 is 2.50 bits per heavy atom. The zero-order valence-electron chi connectivity index (χ0n) is 6.39. The predicted octanol–water partition coefficient (Wildman–Crippen LogP) is 1.98. The fraction of sp³-hybridized carbons (Fsp3) is 0.833. The monoisotopic (exact) mass is 227 g/mol. The molecule has 0 aromatic carbocycles. The van der Waals surface area contributed by atoms with Gasteiger partial charge in [-0.15, -0.1) is 12.6 Å². The molecule has 1 nitrogen and oxygen atoms in total. The Kier molecular flexibility index (Phi) is 13.3. The van der Waals surface area contributed by atoms with E-state index < -0.39 is 0 Å². The molecular weight excluding hydrogens is 216 g/mol. The SMILES string of the molecule is CCCCCNC(=S)S.[Zn]. The number of hydrogen-bond acceptors (Lipinski definition) is 1. The topological polar surface area (TPSA) is 12.0 Å². The van der Waals surface area contributed by atoms with Gasteiger partial charge in [-0.2, -0.15) is 0 Å². The number of thiocarbonyl (C=S) groups is 1. The van der Waals surface area contributed by atoms with E-state index in [0.29, 0.717) is 4.32 Å². The molecule has 0 heterocycles. The molecule has 56 valence electrons. The molecule has 0 radical (unpaired) electrons. The average Bonchev–Trinajstić information content (AvgIpc) is 1.80. The Morgan fingerprint density at radius 2 is 2.10 bits per heavy atom. The van der Waals surface area contributed by atoms with Gasteiger partial charge in [0.2, 0.25) is 0 Å². The average molecular weight is 229 g/mol. The van der Waals surface area contributed by atoms with Gasteiger partial charge in [-0.3, -0.25) is 0 Å². The van der Waals surface area contributed by atoms with Gasteiger partial charge in [-0.1, -0.05) is 32.0 Å². The van der Waals surface area contributed by atoms with Gasteiger partial charge in [0.1, 0.15) is 4.32 Å². The molecule has 0 unspecified atom stereocenters. The zero-order chi connectivity index (χ0) is 7.11. The minimum atomic E-state index is 0. The van der Waals surface area contributed by atoms with E-state index in [2.05, 4.69) is 24.9 Å².